The summed E-state index contributed by atoms with van der Waals surface area (Å²) >= 11 is 0. The van der Waals surface area contributed by atoms with Crippen molar-refractivity contribution in [1.82, 2.24) is 15.1 Å². The minimum absolute atomic E-state index is 0.00914. The molecule has 0 bridgehead atoms. The molecular weight excluding hydrogens is 436 g/mol. The molecule has 0 radical (unpaired) electrons. The van der Waals surface area contributed by atoms with E-state index in [9.17, 15) is 14.4 Å². The van der Waals surface area contributed by atoms with Gasteiger partial charge in [0.1, 0.15) is 12.4 Å². The summed E-state index contributed by atoms with van der Waals surface area (Å²) in [6.45, 7) is 9.50. The van der Waals surface area contributed by atoms with E-state index in [0.29, 0.717) is 43.1 Å². The third-order valence-electron chi connectivity index (χ3n) is 5.99. The molecule has 2 N–H and O–H groups in total. The fourth-order valence-corrected chi connectivity index (χ4v) is 3.92. The zero-order chi connectivity index (χ0) is 25.3. The fourth-order valence-electron chi connectivity index (χ4n) is 3.92. The Morgan fingerprint density at radius 2 is 1.91 bits per heavy atom. The third-order valence-corrected chi connectivity index (χ3v) is 5.99. The summed E-state index contributed by atoms with van der Waals surface area (Å²) in [6, 6.07) is 4.64. The van der Waals surface area contributed by atoms with Crippen LogP contribution in [0.3, 0.4) is 0 Å². The highest BCUT2D eigenvalue weighted by atomic mass is 16.5. The smallest absolute Gasteiger partial charge is 0.317 e. The van der Waals surface area contributed by atoms with Gasteiger partial charge >= 0.3 is 6.03 Å². The number of nitrogens with one attached hydrogen (secondary N) is 2. The van der Waals surface area contributed by atoms with Crippen molar-refractivity contribution in [2.24, 2.45) is 5.92 Å². The highest BCUT2D eigenvalue weighted by Gasteiger charge is 2.30. The van der Waals surface area contributed by atoms with Crippen LogP contribution in [0.5, 0.6) is 5.75 Å². The van der Waals surface area contributed by atoms with Crippen molar-refractivity contribution < 1.29 is 23.9 Å². The van der Waals surface area contributed by atoms with E-state index >= 15 is 0 Å². The zero-order valence-electron chi connectivity index (χ0n) is 21.3. The molecule has 1 aliphatic rings. The molecule has 190 valence electrons. The van der Waals surface area contributed by atoms with Crippen LogP contribution in [0.1, 0.15) is 57.3 Å². The highest BCUT2D eigenvalue weighted by Crippen LogP contribution is 2.27. The van der Waals surface area contributed by atoms with E-state index in [1.165, 1.54) is 0 Å². The van der Waals surface area contributed by atoms with E-state index in [1.54, 1.807) is 42.2 Å². The predicted octanol–water partition coefficient (Wildman–Crippen LogP) is 3.35. The molecule has 4 amide bonds. The number of benzene rings is 1. The average Bonchev–Trinajstić information content (AvgIpc) is 2.81. The Labute approximate surface area is 203 Å². The maximum Gasteiger partial charge on any atom is 0.317 e. The van der Waals surface area contributed by atoms with Crippen LogP contribution in [0.2, 0.25) is 0 Å². The molecule has 2 rings (SSSR count). The molecule has 0 saturated carbocycles. The summed E-state index contributed by atoms with van der Waals surface area (Å²) in [4.78, 5) is 41.6. The van der Waals surface area contributed by atoms with Crippen molar-refractivity contribution in [3.63, 3.8) is 0 Å². The van der Waals surface area contributed by atoms with E-state index in [2.05, 4.69) is 10.6 Å². The van der Waals surface area contributed by atoms with Crippen LogP contribution in [0, 0.1) is 5.92 Å². The number of methoxy groups -OCH3 is 1. The van der Waals surface area contributed by atoms with Crippen molar-refractivity contribution in [3.8, 4) is 5.75 Å². The van der Waals surface area contributed by atoms with Crippen LogP contribution < -0.4 is 15.4 Å². The van der Waals surface area contributed by atoms with Gasteiger partial charge in [-0.05, 0) is 31.9 Å². The number of urea groups is 1. The van der Waals surface area contributed by atoms with Gasteiger partial charge in [-0.1, -0.05) is 20.8 Å². The molecule has 0 saturated heterocycles. The third kappa shape index (κ3) is 7.35. The Morgan fingerprint density at radius 1 is 1.18 bits per heavy atom. The molecule has 1 aliphatic heterocycles. The lowest BCUT2D eigenvalue weighted by Crippen LogP contribution is -2.51. The van der Waals surface area contributed by atoms with Crippen LogP contribution in [0.25, 0.3) is 0 Å². The average molecular weight is 477 g/mol. The Morgan fingerprint density at radius 3 is 2.56 bits per heavy atom. The second kappa shape index (κ2) is 13.2. The summed E-state index contributed by atoms with van der Waals surface area (Å²) in [5, 5.41) is 5.80. The Kier molecular flexibility index (Phi) is 10.6. The molecular formula is C25H40N4O5. The summed E-state index contributed by atoms with van der Waals surface area (Å²) in [7, 11) is 3.35. The normalized spacial score (nSPS) is 21.6. The molecule has 0 aromatic heterocycles. The number of nitrogens with zero attached hydrogens (tertiary/aromatic N) is 2. The first-order valence-electron chi connectivity index (χ1n) is 12.1. The number of fused-ring (bicyclic) bond motifs is 1. The zero-order valence-corrected chi connectivity index (χ0v) is 21.3. The molecule has 1 aromatic carbocycles. The monoisotopic (exact) mass is 476 g/mol. The first-order chi connectivity index (χ1) is 16.2. The van der Waals surface area contributed by atoms with Gasteiger partial charge in [0, 0.05) is 57.9 Å². The summed E-state index contributed by atoms with van der Waals surface area (Å²) in [5.41, 5.74) is 0.960. The van der Waals surface area contributed by atoms with Crippen molar-refractivity contribution >= 4 is 23.5 Å². The van der Waals surface area contributed by atoms with Gasteiger partial charge in [0.2, 0.25) is 5.91 Å². The molecule has 1 heterocycles. The van der Waals surface area contributed by atoms with Gasteiger partial charge in [-0.3, -0.25) is 9.59 Å². The number of carbonyl (C=O) groups is 3. The molecule has 0 aliphatic carbocycles. The highest BCUT2D eigenvalue weighted by molar-refractivity contribution is 5.98. The molecule has 34 heavy (non-hydrogen) atoms. The molecule has 0 spiro atoms. The summed E-state index contributed by atoms with van der Waals surface area (Å²) in [5.74, 6) is 0.0733. The van der Waals surface area contributed by atoms with Crippen LogP contribution in [0.15, 0.2) is 18.2 Å². The van der Waals surface area contributed by atoms with Gasteiger partial charge in [0.15, 0.2) is 0 Å². The quantitative estimate of drug-likeness (QED) is 0.656. The SMILES string of the molecule is CCCNC(=O)N1C[C@H](C)[C@@H](OC)CN(C)C(=O)c2ccc(NC(=O)CCC)cc2OC[C@H]1C. The molecule has 1 aromatic rings. The number of carbonyl (C=O) groups excluding carboxylic acids is 3. The Balaban J connectivity index is 2.40. The largest absolute Gasteiger partial charge is 0.491 e. The minimum Gasteiger partial charge on any atom is -0.491 e. The van der Waals surface area contributed by atoms with Crippen molar-refractivity contribution in [2.75, 3.05) is 45.7 Å². The van der Waals surface area contributed by atoms with Gasteiger partial charge < -0.3 is 29.9 Å². The van der Waals surface area contributed by atoms with Crippen molar-refractivity contribution in [2.45, 2.75) is 59.1 Å². The minimum atomic E-state index is -0.254. The van der Waals surface area contributed by atoms with E-state index in [1.807, 2.05) is 27.7 Å². The van der Waals surface area contributed by atoms with Crippen LogP contribution in [-0.4, -0.2) is 80.2 Å². The summed E-state index contributed by atoms with van der Waals surface area (Å²) in [6.07, 6.45) is 1.74. The van der Waals surface area contributed by atoms with Crippen LogP contribution in [0.4, 0.5) is 10.5 Å². The topological polar surface area (TPSA) is 100 Å². The van der Waals surface area contributed by atoms with Crippen LogP contribution >= 0.6 is 0 Å². The number of amides is 4. The molecule has 3 atom stereocenters. The molecule has 0 fully saturated rings. The number of likely N-dealkylation sites (N-methyl/N-ethyl adjacent to an activating group) is 1. The van der Waals surface area contributed by atoms with Crippen molar-refractivity contribution in [3.05, 3.63) is 23.8 Å². The Hall–Kier alpha value is -2.81. The van der Waals surface area contributed by atoms with Gasteiger partial charge in [0.25, 0.3) is 5.91 Å². The number of hydrogen-bond donors (Lipinski definition) is 2. The van der Waals surface area contributed by atoms with Crippen LogP contribution in [-0.2, 0) is 9.53 Å². The lowest BCUT2D eigenvalue weighted by molar-refractivity contribution is -0.116. The summed E-state index contributed by atoms with van der Waals surface area (Å²) < 4.78 is 11.8. The lowest BCUT2D eigenvalue weighted by Gasteiger charge is -2.36. The van der Waals surface area contributed by atoms with E-state index in [0.717, 1.165) is 12.8 Å². The van der Waals surface area contributed by atoms with Gasteiger partial charge in [0.05, 0.1) is 17.7 Å². The second-order valence-electron chi connectivity index (χ2n) is 8.99. The number of anilines is 1. The fraction of sp³-hybridized carbons (Fsp3) is 0.640. The molecule has 9 nitrogen and oxygen atoms in total. The van der Waals surface area contributed by atoms with Gasteiger partial charge in [-0.2, -0.15) is 0 Å². The van der Waals surface area contributed by atoms with Gasteiger partial charge in [-0.25, -0.2) is 4.79 Å². The second-order valence-corrected chi connectivity index (χ2v) is 8.99. The number of hydrogen-bond acceptors (Lipinski definition) is 5. The lowest BCUT2D eigenvalue weighted by atomic mass is 10.0. The van der Waals surface area contributed by atoms with E-state index in [-0.39, 0.29) is 42.5 Å². The first kappa shape index (κ1) is 27.4. The first-order valence-corrected chi connectivity index (χ1v) is 12.1. The van der Waals surface area contributed by atoms with E-state index < -0.39 is 0 Å². The Bertz CT molecular complexity index is 847. The predicted molar refractivity (Wildman–Crippen MR) is 132 cm³/mol. The van der Waals surface area contributed by atoms with Crippen molar-refractivity contribution in [1.29, 1.82) is 0 Å². The molecule has 9 heteroatoms. The van der Waals surface area contributed by atoms with E-state index in [4.69, 9.17) is 9.47 Å². The maximum atomic E-state index is 13.3. The number of rotatable bonds is 6. The standard InChI is InChI=1S/C25H40N4O5/c1-7-9-23(30)27-19-10-11-20-21(13-19)34-16-18(4)29(25(32)26-12-8-2)14-17(3)22(33-6)15-28(5)24(20)31/h10-11,13,17-18,22H,7-9,12,14-16H2,1-6H3,(H,26,32)(H,27,30)/t17-,18+,22-/m0/s1. The number of ether oxygens (including phenoxy) is 2. The maximum absolute atomic E-state index is 13.3. The molecule has 0 unspecified atom stereocenters. The van der Waals surface area contributed by atoms with Gasteiger partial charge in [-0.15, -0.1) is 0 Å².